The maximum Gasteiger partial charge on any atom is 0.255 e. The predicted octanol–water partition coefficient (Wildman–Crippen LogP) is 2.13. The highest BCUT2D eigenvalue weighted by Crippen LogP contribution is 2.15. The number of nitrogens with one attached hydrogen (secondary N) is 1. The summed E-state index contributed by atoms with van der Waals surface area (Å²) < 4.78 is 26.1. The summed E-state index contributed by atoms with van der Waals surface area (Å²) >= 11 is 0. The van der Waals surface area contributed by atoms with Gasteiger partial charge in [0.05, 0.1) is 0 Å². The number of nitrogens with zero attached hydrogens (tertiary/aromatic N) is 2. The fourth-order valence-corrected chi connectivity index (χ4v) is 2.75. The first-order valence-corrected chi connectivity index (χ1v) is 8.33. The Hall–Kier alpha value is -3.29. The minimum absolute atomic E-state index is 0.132. The smallest absolute Gasteiger partial charge is 0.255 e. The Bertz CT molecular complexity index is 863. The van der Waals surface area contributed by atoms with Crippen molar-refractivity contribution in [3.63, 3.8) is 0 Å². The number of benzene rings is 2. The lowest BCUT2D eigenvalue weighted by Gasteiger charge is -2.32. The Morgan fingerprint density at radius 2 is 1.52 bits per heavy atom. The van der Waals surface area contributed by atoms with Gasteiger partial charge in [0, 0.05) is 49.1 Å². The van der Waals surface area contributed by atoms with E-state index in [9.17, 15) is 23.2 Å². The van der Waals surface area contributed by atoms with Crippen molar-refractivity contribution in [2.24, 2.45) is 0 Å². The first-order chi connectivity index (χ1) is 13.0. The van der Waals surface area contributed by atoms with Gasteiger partial charge >= 0.3 is 0 Å². The van der Waals surface area contributed by atoms with Crippen molar-refractivity contribution in [2.45, 2.75) is 0 Å². The standard InChI is InChI=1S/C19H17F2N3O3/c20-16-6-5-15(11-17(16)21)22-18(26)13-1-3-14(4-2-13)19(27)24-9-7-23(12-25)8-10-24/h1-6,11-12H,7-10H2,(H,22,26). The maximum absolute atomic E-state index is 13.2. The van der Waals surface area contributed by atoms with Gasteiger partial charge in [-0.1, -0.05) is 0 Å². The van der Waals surface area contributed by atoms with E-state index in [1.807, 2.05) is 0 Å². The molecule has 2 aromatic rings. The van der Waals surface area contributed by atoms with E-state index in [1.165, 1.54) is 30.3 Å². The van der Waals surface area contributed by atoms with Gasteiger partial charge in [0.15, 0.2) is 11.6 Å². The van der Waals surface area contributed by atoms with Crippen LogP contribution in [0.5, 0.6) is 0 Å². The molecule has 0 saturated carbocycles. The first-order valence-electron chi connectivity index (χ1n) is 8.33. The lowest BCUT2D eigenvalue weighted by Crippen LogP contribution is -2.48. The SMILES string of the molecule is O=CN1CCN(C(=O)c2ccc(C(=O)Nc3ccc(F)c(F)c3)cc2)CC1. The third-order valence-corrected chi connectivity index (χ3v) is 4.32. The lowest BCUT2D eigenvalue weighted by atomic mass is 10.1. The zero-order valence-electron chi connectivity index (χ0n) is 14.3. The number of amides is 3. The van der Waals surface area contributed by atoms with Crippen LogP contribution >= 0.6 is 0 Å². The minimum Gasteiger partial charge on any atom is -0.342 e. The van der Waals surface area contributed by atoms with Gasteiger partial charge in [-0.2, -0.15) is 0 Å². The largest absolute Gasteiger partial charge is 0.342 e. The van der Waals surface area contributed by atoms with Crippen LogP contribution in [0.4, 0.5) is 14.5 Å². The molecule has 1 saturated heterocycles. The van der Waals surface area contributed by atoms with Gasteiger partial charge < -0.3 is 15.1 Å². The summed E-state index contributed by atoms with van der Waals surface area (Å²) in [6.45, 7) is 1.89. The Kier molecular flexibility index (Phi) is 5.44. The lowest BCUT2D eigenvalue weighted by molar-refractivity contribution is -0.119. The summed E-state index contributed by atoms with van der Waals surface area (Å²) in [5, 5.41) is 2.47. The zero-order chi connectivity index (χ0) is 19.4. The summed E-state index contributed by atoms with van der Waals surface area (Å²) in [4.78, 5) is 38.7. The third-order valence-electron chi connectivity index (χ3n) is 4.32. The van der Waals surface area contributed by atoms with Crippen molar-refractivity contribution < 1.29 is 23.2 Å². The average Bonchev–Trinajstić information content (AvgIpc) is 2.70. The van der Waals surface area contributed by atoms with E-state index >= 15 is 0 Å². The van der Waals surface area contributed by atoms with Crippen LogP contribution in [-0.2, 0) is 4.79 Å². The molecule has 1 aliphatic rings. The van der Waals surface area contributed by atoms with E-state index in [4.69, 9.17) is 0 Å². The molecule has 8 heteroatoms. The first kappa shape index (κ1) is 18.5. The minimum atomic E-state index is -1.05. The molecule has 1 N–H and O–H groups in total. The van der Waals surface area contributed by atoms with Crippen molar-refractivity contribution in [3.8, 4) is 0 Å². The fraction of sp³-hybridized carbons (Fsp3) is 0.211. The van der Waals surface area contributed by atoms with Gasteiger partial charge in [0.2, 0.25) is 6.41 Å². The Balaban J connectivity index is 1.64. The highest BCUT2D eigenvalue weighted by Gasteiger charge is 2.21. The van der Waals surface area contributed by atoms with Crippen LogP contribution in [-0.4, -0.2) is 54.2 Å². The van der Waals surface area contributed by atoms with Gasteiger partial charge in [-0.15, -0.1) is 0 Å². The molecule has 0 spiro atoms. The molecular weight excluding hydrogens is 356 g/mol. The summed E-state index contributed by atoms with van der Waals surface area (Å²) in [6, 6.07) is 9.13. The fourth-order valence-electron chi connectivity index (χ4n) is 2.75. The number of hydrogen-bond donors (Lipinski definition) is 1. The van der Waals surface area contributed by atoms with Gasteiger partial charge in [-0.25, -0.2) is 8.78 Å². The molecule has 0 aromatic heterocycles. The van der Waals surface area contributed by atoms with E-state index in [0.29, 0.717) is 31.7 Å². The normalized spacial score (nSPS) is 14.0. The second-order valence-electron chi connectivity index (χ2n) is 6.09. The van der Waals surface area contributed by atoms with Crippen molar-refractivity contribution >= 4 is 23.9 Å². The molecule has 1 aliphatic heterocycles. The number of halogens is 2. The van der Waals surface area contributed by atoms with Gasteiger partial charge in [-0.05, 0) is 36.4 Å². The molecule has 0 atom stereocenters. The number of anilines is 1. The molecule has 27 heavy (non-hydrogen) atoms. The Morgan fingerprint density at radius 3 is 2.11 bits per heavy atom. The predicted molar refractivity (Wildman–Crippen MR) is 94.3 cm³/mol. The number of carbonyl (C=O) groups is 3. The van der Waals surface area contributed by atoms with Gasteiger partial charge in [-0.3, -0.25) is 14.4 Å². The van der Waals surface area contributed by atoms with E-state index in [1.54, 1.807) is 9.80 Å². The maximum atomic E-state index is 13.2. The van der Waals surface area contributed by atoms with Gasteiger partial charge in [0.25, 0.3) is 11.8 Å². The summed E-state index contributed by atoms with van der Waals surface area (Å²) in [5.74, 6) is -2.72. The molecule has 0 radical (unpaired) electrons. The number of piperazine rings is 1. The average molecular weight is 373 g/mol. The van der Waals surface area contributed by atoms with Crippen LogP contribution in [0.15, 0.2) is 42.5 Å². The van der Waals surface area contributed by atoms with E-state index in [2.05, 4.69) is 5.32 Å². The zero-order valence-corrected chi connectivity index (χ0v) is 14.3. The van der Waals surface area contributed by atoms with Crippen LogP contribution in [0.1, 0.15) is 20.7 Å². The molecule has 0 aliphatic carbocycles. The second kappa shape index (κ2) is 7.94. The summed E-state index contributed by atoms with van der Waals surface area (Å²) in [6.07, 6.45) is 0.766. The molecule has 0 bridgehead atoms. The molecule has 1 fully saturated rings. The van der Waals surface area contributed by atoms with Crippen molar-refractivity contribution in [2.75, 3.05) is 31.5 Å². The molecule has 0 unspecified atom stereocenters. The van der Waals surface area contributed by atoms with Crippen LogP contribution in [0.2, 0.25) is 0 Å². The van der Waals surface area contributed by atoms with Crippen molar-refractivity contribution in [3.05, 3.63) is 65.2 Å². The number of hydrogen-bond acceptors (Lipinski definition) is 3. The summed E-state index contributed by atoms with van der Waals surface area (Å²) in [7, 11) is 0. The molecule has 3 amide bonds. The molecular formula is C19H17F2N3O3. The summed E-state index contributed by atoms with van der Waals surface area (Å²) in [5.41, 5.74) is 0.841. The van der Waals surface area contributed by atoms with Crippen LogP contribution in [0.25, 0.3) is 0 Å². The second-order valence-corrected chi connectivity index (χ2v) is 6.09. The molecule has 1 heterocycles. The highest BCUT2D eigenvalue weighted by atomic mass is 19.2. The Labute approximate surface area is 154 Å². The number of carbonyl (C=O) groups excluding carboxylic acids is 3. The quantitative estimate of drug-likeness (QED) is 0.835. The Morgan fingerprint density at radius 1 is 0.889 bits per heavy atom. The van der Waals surface area contributed by atoms with Crippen molar-refractivity contribution in [1.29, 1.82) is 0 Å². The third kappa shape index (κ3) is 4.28. The monoisotopic (exact) mass is 373 g/mol. The number of rotatable bonds is 4. The van der Waals surface area contributed by atoms with Crippen LogP contribution in [0, 0.1) is 11.6 Å². The van der Waals surface area contributed by atoms with Crippen LogP contribution in [0.3, 0.4) is 0 Å². The van der Waals surface area contributed by atoms with Crippen LogP contribution < -0.4 is 5.32 Å². The van der Waals surface area contributed by atoms with Gasteiger partial charge in [0.1, 0.15) is 0 Å². The topological polar surface area (TPSA) is 69.7 Å². The van der Waals surface area contributed by atoms with E-state index < -0.39 is 17.5 Å². The highest BCUT2D eigenvalue weighted by molar-refractivity contribution is 6.05. The van der Waals surface area contributed by atoms with E-state index in [-0.39, 0.29) is 17.2 Å². The molecule has 3 rings (SSSR count). The van der Waals surface area contributed by atoms with E-state index in [0.717, 1.165) is 18.5 Å². The molecule has 6 nitrogen and oxygen atoms in total. The van der Waals surface area contributed by atoms with Crippen molar-refractivity contribution in [1.82, 2.24) is 9.80 Å². The molecule has 140 valence electrons. The molecule has 2 aromatic carbocycles.